The zero-order chi connectivity index (χ0) is 15.9. The van der Waals surface area contributed by atoms with Gasteiger partial charge in [-0.2, -0.15) is 0 Å². The van der Waals surface area contributed by atoms with Crippen molar-refractivity contribution in [3.8, 4) is 0 Å². The molecule has 22 heavy (non-hydrogen) atoms. The minimum absolute atomic E-state index is 0.314. The molecule has 1 heterocycles. The first-order chi connectivity index (χ1) is 10.6. The lowest BCUT2D eigenvalue weighted by Crippen LogP contribution is -2.37. The average Bonchev–Trinajstić information content (AvgIpc) is 2.55. The van der Waals surface area contributed by atoms with Crippen LogP contribution in [0.25, 0.3) is 0 Å². The lowest BCUT2D eigenvalue weighted by atomic mass is 10.0. The molecule has 0 saturated heterocycles. The van der Waals surface area contributed by atoms with Crippen LogP contribution >= 0.6 is 0 Å². The van der Waals surface area contributed by atoms with Crippen molar-refractivity contribution in [3.05, 3.63) is 53.9 Å². The van der Waals surface area contributed by atoms with Gasteiger partial charge >= 0.3 is 0 Å². The maximum absolute atomic E-state index is 12.1. The van der Waals surface area contributed by atoms with Crippen LogP contribution in [0.4, 0.5) is 5.95 Å². The van der Waals surface area contributed by atoms with Crippen LogP contribution in [0.5, 0.6) is 0 Å². The number of hydrogen-bond donors (Lipinski definition) is 3. The SMILES string of the molecule is CCNc1ncc(C(=O)NC(C)C(O)c2ccccc2)cn1. The van der Waals surface area contributed by atoms with E-state index in [1.807, 2.05) is 37.3 Å². The molecule has 2 rings (SSSR count). The van der Waals surface area contributed by atoms with E-state index in [1.165, 1.54) is 12.4 Å². The smallest absolute Gasteiger partial charge is 0.254 e. The van der Waals surface area contributed by atoms with Gasteiger partial charge in [-0.25, -0.2) is 9.97 Å². The van der Waals surface area contributed by atoms with Crippen molar-refractivity contribution in [1.29, 1.82) is 0 Å². The molecule has 0 spiro atoms. The topological polar surface area (TPSA) is 87.1 Å². The van der Waals surface area contributed by atoms with E-state index < -0.39 is 12.1 Å². The van der Waals surface area contributed by atoms with Gasteiger partial charge < -0.3 is 15.7 Å². The molecule has 1 aromatic heterocycles. The molecule has 0 fully saturated rings. The number of carbonyl (C=O) groups excluding carboxylic acids is 1. The van der Waals surface area contributed by atoms with Crippen LogP contribution in [0.1, 0.15) is 35.9 Å². The van der Waals surface area contributed by atoms with Gasteiger partial charge in [-0.15, -0.1) is 0 Å². The maximum atomic E-state index is 12.1. The second-order valence-corrected chi connectivity index (χ2v) is 4.94. The van der Waals surface area contributed by atoms with Gasteiger partial charge in [0.05, 0.1) is 17.7 Å². The van der Waals surface area contributed by atoms with Gasteiger partial charge in [0, 0.05) is 18.9 Å². The Hall–Kier alpha value is -2.47. The number of amides is 1. The summed E-state index contributed by atoms with van der Waals surface area (Å²) < 4.78 is 0. The third-order valence-corrected chi connectivity index (χ3v) is 3.22. The van der Waals surface area contributed by atoms with E-state index in [4.69, 9.17) is 0 Å². The molecule has 1 amide bonds. The van der Waals surface area contributed by atoms with E-state index in [1.54, 1.807) is 6.92 Å². The summed E-state index contributed by atoms with van der Waals surface area (Å²) in [7, 11) is 0. The van der Waals surface area contributed by atoms with Gasteiger partial charge in [-0.1, -0.05) is 30.3 Å². The van der Waals surface area contributed by atoms with E-state index in [2.05, 4.69) is 20.6 Å². The number of hydrogen-bond acceptors (Lipinski definition) is 5. The molecule has 0 bridgehead atoms. The predicted octanol–water partition coefficient (Wildman–Crippen LogP) is 1.76. The van der Waals surface area contributed by atoms with Crippen molar-refractivity contribution in [2.45, 2.75) is 26.0 Å². The number of nitrogens with zero attached hydrogens (tertiary/aromatic N) is 2. The minimum atomic E-state index is -0.771. The van der Waals surface area contributed by atoms with Crippen LogP contribution in [0.2, 0.25) is 0 Å². The van der Waals surface area contributed by atoms with Crippen LogP contribution in [-0.2, 0) is 0 Å². The van der Waals surface area contributed by atoms with Crippen LogP contribution in [0.15, 0.2) is 42.7 Å². The molecule has 0 saturated carbocycles. The van der Waals surface area contributed by atoms with Gasteiger partial charge in [0.15, 0.2) is 0 Å². The number of anilines is 1. The number of aromatic nitrogens is 2. The Kier molecular flexibility index (Phi) is 5.43. The number of rotatable bonds is 6. The molecule has 2 aromatic rings. The largest absolute Gasteiger partial charge is 0.386 e. The summed E-state index contributed by atoms with van der Waals surface area (Å²) in [5.74, 6) is 0.168. The Labute approximate surface area is 129 Å². The Morgan fingerprint density at radius 2 is 1.86 bits per heavy atom. The normalized spacial score (nSPS) is 13.2. The molecule has 6 heteroatoms. The molecular formula is C16H20N4O2. The first-order valence-corrected chi connectivity index (χ1v) is 7.21. The molecule has 0 aliphatic rings. The highest BCUT2D eigenvalue weighted by molar-refractivity contribution is 5.93. The van der Waals surface area contributed by atoms with Crippen LogP contribution in [0.3, 0.4) is 0 Å². The molecular weight excluding hydrogens is 280 g/mol. The van der Waals surface area contributed by atoms with Crippen molar-refractivity contribution in [2.75, 3.05) is 11.9 Å². The summed E-state index contributed by atoms with van der Waals surface area (Å²) >= 11 is 0. The van der Waals surface area contributed by atoms with E-state index in [-0.39, 0.29) is 5.91 Å². The summed E-state index contributed by atoms with van der Waals surface area (Å²) in [6, 6.07) is 8.79. The van der Waals surface area contributed by atoms with Crippen LogP contribution < -0.4 is 10.6 Å². The quantitative estimate of drug-likeness (QED) is 0.756. The molecule has 116 valence electrons. The monoisotopic (exact) mass is 300 g/mol. The second kappa shape index (κ2) is 7.51. The molecule has 1 aromatic carbocycles. The van der Waals surface area contributed by atoms with Gasteiger partial charge in [0.1, 0.15) is 0 Å². The number of nitrogens with one attached hydrogen (secondary N) is 2. The second-order valence-electron chi connectivity index (χ2n) is 4.94. The maximum Gasteiger partial charge on any atom is 0.254 e. The van der Waals surface area contributed by atoms with Crippen molar-refractivity contribution < 1.29 is 9.90 Å². The molecule has 0 radical (unpaired) electrons. The Bertz CT molecular complexity index is 601. The van der Waals surface area contributed by atoms with E-state index in [9.17, 15) is 9.90 Å². The first-order valence-electron chi connectivity index (χ1n) is 7.21. The molecule has 0 aliphatic carbocycles. The Balaban J connectivity index is 1.98. The van der Waals surface area contributed by atoms with Gasteiger partial charge in [0.2, 0.25) is 5.95 Å². The van der Waals surface area contributed by atoms with Crippen molar-refractivity contribution >= 4 is 11.9 Å². The Morgan fingerprint density at radius 3 is 2.45 bits per heavy atom. The Morgan fingerprint density at radius 1 is 1.23 bits per heavy atom. The van der Waals surface area contributed by atoms with Gasteiger partial charge in [-0.3, -0.25) is 4.79 Å². The highest BCUT2D eigenvalue weighted by atomic mass is 16.3. The third kappa shape index (κ3) is 4.02. The summed E-state index contributed by atoms with van der Waals surface area (Å²) in [5, 5.41) is 16.0. The highest BCUT2D eigenvalue weighted by Crippen LogP contribution is 2.16. The van der Waals surface area contributed by atoms with Gasteiger partial charge in [-0.05, 0) is 19.4 Å². The predicted molar refractivity (Wildman–Crippen MR) is 84.5 cm³/mol. The third-order valence-electron chi connectivity index (χ3n) is 3.22. The number of carbonyl (C=O) groups is 1. The standard InChI is InChI=1S/C16H20N4O2/c1-3-17-16-18-9-13(10-19-16)15(22)20-11(2)14(21)12-7-5-4-6-8-12/h4-11,14,21H,3H2,1-2H3,(H,20,22)(H,17,18,19). The number of aliphatic hydroxyl groups excluding tert-OH is 1. The summed E-state index contributed by atoms with van der Waals surface area (Å²) in [6.07, 6.45) is 2.15. The molecule has 6 nitrogen and oxygen atoms in total. The summed E-state index contributed by atoms with van der Waals surface area (Å²) in [5.41, 5.74) is 1.11. The minimum Gasteiger partial charge on any atom is -0.386 e. The first kappa shape index (κ1) is 15.9. The summed E-state index contributed by atoms with van der Waals surface area (Å²) in [4.78, 5) is 20.2. The molecule has 2 atom stereocenters. The lowest BCUT2D eigenvalue weighted by Gasteiger charge is -2.20. The fourth-order valence-electron chi connectivity index (χ4n) is 2.00. The summed E-state index contributed by atoms with van der Waals surface area (Å²) in [6.45, 7) is 4.41. The van der Waals surface area contributed by atoms with Gasteiger partial charge in [0.25, 0.3) is 5.91 Å². The van der Waals surface area contributed by atoms with Crippen LogP contribution in [0, 0.1) is 0 Å². The fourth-order valence-corrected chi connectivity index (χ4v) is 2.00. The van der Waals surface area contributed by atoms with E-state index >= 15 is 0 Å². The fraction of sp³-hybridized carbons (Fsp3) is 0.312. The van der Waals surface area contributed by atoms with Crippen molar-refractivity contribution in [3.63, 3.8) is 0 Å². The number of aliphatic hydroxyl groups is 1. The van der Waals surface area contributed by atoms with E-state index in [0.29, 0.717) is 18.1 Å². The zero-order valence-corrected chi connectivity index (χ0v) is 12.7. The molecule has 0 aliphatic heterocycles. The average molecular weight is 300 g/mol. The zero-order valence-electron chi connectivity index (χ0n) is 12.7. The van der Waals surface area contributed by atoms with Crippen molar-refractivity contribution in [1.82, 2.24) is 15.3 Å². The highest BCUT2D eigenvalue weighted by Gasteiger charge is 2.19. The van der Waals surface area contributed by atoms with E-state index in [0.717, 1.165) is 5.56 Å². The number of benzene rings is 1. The van der Waals surface area contributed by atoms with Crippen LogP contribution in [-0.4, -0.2) is 33.6 Å². The molecule has 3 N–H and O–H groups in total. The lowest BCUT2D eigenvalue weighted by molar-refractivity contribution is 0.0851. The van der Waals surface area contributed by atoms with Crippen molar-refractivity contribution in [2.24, 2.45) is 0 Å². The molecule has 2 unspecified atom stereocenters.